The molecule has 0 aromatic heterocycles. The van der Waals surface area contributed by atoms with Crippen LogP contribution in [0, 0.1) is 39.4 Å². The Bertz CT molecular complexity index is 591. The molecule has 4 rings (SSSR count). The Hall–Kier alpha value is -0.0800. The molecule has 0 saturated heterocycles. The van der Waals surface area contributed by atoms with Crippen molar-refractivity contribution in [3.8, 4) is 0 Å². The molecule has 0 heterocycles. The zero-order valence-electron chi connectivity index (χ0n) is 20.2. The lowest BCUT2D eigenvalue weighted by Gasteiger charge is -2.68. The third-order valence-corrected chi connectivity index (χ3v) is 11.5. The quantitative estimate of drug-likeness (QED) is 0.492. The maximum atomic E-state index is 10.4. The minimum Gasteiger partial charge on any atom is -0.393 e. The lowest BCUT2D eigenvalue weighted by atomic mass is 9.37. The van der Waals surface area contributed by atoms with Crippen molar-refractivity contribution in [1.29, 1.82) is 0 Å². The van der Waals surface area contributed by atoms with E-state index in [2.05, 4.69) is 39.9 Å². The highest BCUT2D eigenvalue weighted by molar-refractivity contribution is 5.17. The van der Waals surface area contributed by atoms with Gasteiger partial charge in [0.05, 0.1) is 6.10 Å². The molecule has 168 valence electrons. The molecule has 0 radical (unpaired) electrons. The first-order valence-corrected chi connectivity index (χ1v) is 13.1. The van der Waals surface area contributed by atoms with Crippen molar-refractivity contribution in [2.75, 3.05) is 13.1 Å². The molecule has 0 spiro atoms. The van der Waals surface area contributed by atoms with Gasteiger partial charge in [0, 0.05) is 0 Å². The Morgan fingerprint density at radius 2 is 1.62 bits per heavy atom. The summed E-state index contributed by atoms with van der Waals surface area (Å²) in [5.74, 6) is 2.63. The zero-order valence-corrected chi connectivity index (χ0v) is 20.2. The fraction of sp³-hybridized carbons (Fsp3) is 1.00. The van der Waals surface area contributed by atoms with Crippen LogP contribution in [0.2, 0.25) is 0 Å². The van der Waals surface area contributed by atoms with Gasteiger partial charge in [-0.15, -0.1) is 0 Å². The summed E-state index contributed by atoms with van der Waals surface area (Å²) in [6, 6.07) is 0. The maximum Gasteiger partial charge on any atom is 0.0545 e. The van der Waals surface area contributed by atoms with Gasteiger partial charge in [-0.25, -0.2) is 0 Å². The number of aliphatic hydroxyl groups excluding tert-OH is 1. The van der Waals surface area contributed by atoms with E-state index in [0.717, 1.165) is 30.6 Å². The smallest absolute Gasteiger partial charge is 0.0545 e. The Balaban J connectivity index is 1.51. The molecule has 0 aliphatic heterocycles. The van der Waals surface area contributed by atoms with Crippen molar-refractivity contribution in [2.45, 2.75) is 118 Å². The van der Waals surface area contributed by atoms with Gasteiger partial charge in [-0.1, -0.05) is 41.0 Å². The van der Waals surface area contributed by atoms with E-state index in [-0.39, 0.29) is 6.10 Å². The molecule has 4 fully saturated rings. The first-order valence-electron chi connectivity index (χ1n) is 13.1. The monoisotopic (exact) mass is 403 g/mol. The fourth-order valence-electron chi connectivity index (χ4n) is 9.64. The standard InChI is InChI=1S/C27H49NO/c1-6-7-17-28-18-12-20-10-14-27(5)23-11-13-24(2)19-21(29)8-9-22(24)25(23,3)15-16-26(20,27)4/h20-23,28-29H,6-19H2,1-5H3/t20-,21+,22?,23?,24+,25-,26-,27+/m1/s1. The number of nitrogens with one attached hydrogen (secondary N) is 1. The Morgan fingerprint density at radius 3 is 2.38 bits per heavy atom. The second-order valence-electron chi connectivity index (χ2n) is 12.7. The normalized spacial score (nSPS) is 51.9. The third-order valence-electron chi connectivity index (χ3n) is 11.5. The number of hydrogen-bond acceptors (Lipinski definition) is 2. The summed E-state index contributed by atoms with van der Waals surface area (Å²) in [5, 5.41) is 14.1. The van der Waals surface area contributed by atoms with Crippen LogP contribution in [0.15, 0.2) is 0 Å². The summed E-state index contributed by atoms with van der Waals surface area (Å²) >= 11 is 0. The van der Waals surface area contributed by atoms with Gasteiger partial charge in [0.1, 0.15) is 0 Å². The Kier molecular flexibility index (Phi) is 5.95. The highest BCUT2D eigenvalue weighted by Gasteiger charge is 2.68. The van der Waals surface area contributed by atoms with Crippen LogP contribution in [0.4, 0.5) is 0 Å². The second kappa shape index (κ2) is 7.80. The van der Waals surface area contributed by atoms with Crippen LogP contribution in [0.3, 0.4) is 0 Å². The number of rotatable bonds is 6. The summed E-state index contributed by atoms with van der Waals surface area (Å²) in [7, 11) is 0. The summed E-state index contributed by atoms with van der Waals surface area (Å²) in [6.07, 6.45) is 15.8. The molecular formula is C27H49NO. The van der Waals surface area contributed by atoms with E-state index in [1.165, 1.54) is 77.3 Å². The van der Waals surface area contributed by atoms with Gasteiger partial charge >= 0.3 is 0 Å². The molecule has 0 aromatic rings. The van der Waals surface area contributed by atoms with Crippen molar-refractivity contribution >= 4 is 0 Å². The van der Waals surface area contributed by atoms with Crippen LogP contribution in [0.1, 0.15) is 112 Å². The molecular weight excluding hydrogens is 354 g/mol. The lowest BCUT2D eigenvalue weighted by Crippen LogP contribution is -2.61. The van der Waals surface area contributed by atoms with Gasteiger partial charge in [-0.2, -0.15) is 0 Å². The van der Waals surface area contributed by atoms with Crippen LogP contribution in [-0.4, -0.2) is 24.3 Å². The van der Waals surface area contributed by atoms with Crippen molar-refractivity contribution in [3.63, 3.8) is 0 Å². The molecule has 2 unspecified atom stereocenters. The molecule has 29 heavy (non-hydrogen) atoms. The van der Waals surface area contributed by atoms with Crippen LogP contribution in [-0.2, 0) is 0 Å². The molecule has 8 atom stereocenters. The first kappa shape index (κ1) is 22.1. The number of aliphatic hydroxyl groups is 1. The average molecular weight is 404 g/mol. The van der Waals surface area contributed by atoms with Crippen LogP contribution >= 0.6 is 0 Å². The molecule has 4 aliphatic carbocycles. The molecule has 4 aliphatic rings. The van der Waals surface area contributed by atoms with Gasteiger partial charge in [-0.3, -0.25) is 0 Å². The maximum absolute atomic E-state index is 10.4. The van der Waals surface area contributed by atoms with E-state index in [1.807, 2.05) is 0 Å². The topological polar surface area (TPSA) is 32.3 Å². The number of unbranched alkanes of at least 4 members (excludes halogenated alkanes) is 1. The van der Waals surface area contributed by atoms with Gasteiger partial charge in [0.15, 0.2) is 0 Å². The molecule has 4 saturated carbocycles. The SMILES string of the molecule is CCCCNCC[C@H]1CC[C@@]2(C)C3CC[C@@]4(C)C[C@@H](O)CCC4[C@@]3(C)CC[C@]12C. The Labute approximate surface area is 181 Å². The highest BCUT2D eigenvalue weighted by atomic mass is 16.3. The van der Waals surface area contributed by atoms with E-state index < -0.39 is 0 Å². The average Bonchev–Trinajstić information content (AvgIpc) is 2.92. The summed E-state index contributed by atoms with van der Waals surface area (Å²) in [4.78, 5) is 0. The van der Waals surface area contributed by atoms with Crippen LogP contribution in [0.25, 0.3) is 0 Å². The van der Waals surface area contributed by atoms with Gasteiger partial charge in [0.2, 0.25) is 0 Å². The van der Waals surface area contributed by atoms with Gasteiger partial charge < -0.3 is 10.4 Å². The summed E-state index contributed by atoms with van der Waals surface area (Å²) < 4.78 is 0. The van der Waals surface area contributed by atoms with Crippen LogP contribution < -0.4 is 5.32 Å². The minimum atomic E-state index is -0.0445. The van der Waals surface area contributed by atoms with E-state index in [1.54, 1.807) is 0 Å². The second-order valence-corrected chi connectivity index (χ2v) is 12.7. The third kappa shape index (κ3) is 3.34. The molecule has 0 aromatic carbocycles. The predicted molar refractivity (Wildman–Crippen MR) is 123 cm³/mol. The first-order chi connectivity index (χ1) is 13.7. The largest absolute Gasteiger partial charge is 0.393 e. The van der Waals surface area contributed by atoms with E-state index >= 15 is 0 Å². The lowest BCUT2D eigenvalue weighted by molar-refractivity contribution is -0.199. The molecule has 0 amide bonds. The highest BCUT2D eigenvalue weighted by Crippen LogP contribution is 2.75. The van der Waals surface area contributed by atoms with Crippen molar-refractivity contribution < 1.29 is 5.11 Å². The Morgan fingerprint density at radius 1 is 0.828 bits per heavy atom. The van der Waals surface area contributed by atoms with Crippen molar-refractivity contribution in [1.82, 2.24) is 5.32 Å². The van der Waals surface area contributed by atoms with Crippen LogP contribution in [0.5, 0.6) is 0 Å². The van der Waals surface area contributed by atoms with E-state index in [0.29, 0.717) is 21.7 Å². The van der Waals surface area contributed by atoms with Crippen molar-refractivity contribution in [3.05, 3.63) is 0 Å². The molecule has 0 bridgehead atoms. The number of fused-ring (bicyclic) bond motifs is 5. The zero-order chi connectivity index (χ0) is 20.9. The van der Waals surface area contributed by atoms with E-state index in [4.69, 9.17) is 0 Å². The van der Waals surface area contributed by atoms with E-state index in [9.17, 15) is 5.11 Å². The predicted octanol–water partition coefficient (Wildman–Crippen LogP) is 6.57. The van der Waals surface area contributed by atoms with Gasteiger partial charge in [-0.05, 0) is 123 Å². The summed E-state index contributed by atoms with van der Waals surface area (Å²) in [6.45, 7) is 15.3. The fourth-order valence-corrected chi connectivity index (χ4v) is 9.64. The molecule has 2 heteroatoms. The minimum absolute atomic E-state index is 0.0445. The van der Waals surface area contributed by atoms with Crippen molar-refractivity contribution in [2.24, 2.45) is 39.4 Å². The number of hydrogen-bond donors (Lipinski definition) is 2. The molecule has 2 nitrogen and oxygen atoms in total. The van der Waals surface area contributed by atoms with Gasteiger partial charge in [0.25, 0.3) is 0 Å². The summed E-state index contributed by atoms with van der Waals surface area (Å²) in [5.41, 5.74) is 1.93. The molecule has 2 N–H and O–H groups in total.